The molecule has 43 heavy (non-hydrogen) atoms. The fourth-order valence-corrected chi connectivity index (χ4v) is 7.34. The van der Waals surface area contributed by atoms with Crippen molar-refractivity contribution in [2.45, 2.75) is 63.5 Å². The van der Waals surface area contributed by atoms with E-state index in [1.165, 1.54) is 20.5 Å². The van der Waals surface area contributed by atoms with Crippen molar-refractivity contribution >= 4 is 39.0 Å². The normalized spacial score (nSPS) is 19.5. The minimum atomic E-state index is -3.99. The molecule has 3 aliphatic rings. The van der Waals surface area contributed by atoms with Crippen molar-refractivity contribution in [3.8, 4) is 17.0 Å². The summed E-state index contributed by atoms with van der Waals surface area (Å²) in [5.41, 5.74) is 5.17. The highest BCUT2D eigenvalue weighted by atomic mass is 32.2. The minimum Gasteiger partial charge on any atom is -0.508 e. The third kappa shape index (κ3) is 5.57. The van der Waals surface area contributed by atoms with E-state index < -0.39 is 22.2 Å². The van der Waals surface area contributed by atoms with E-state index in [1.54, 1.807) is 29.2 Å². The van der Waals surface area contributed by atoms with Gasteiger partial charge in [-0.05, 0) is 79.1 Å². The molecule has 3 N–H and O–H groups in total. The van der Waals surface area contributed by atoms with E-state index in [-0.39, 0.29) is 36.2 Å². The van der Waals surface area contributed by atoms with Crippen LogP contribution in [0.5, 0.6) is 5.75 Å². The van der Waals surface area contributed by atoms with Crippen LogP contribution in [0.3, 0.4) is 0 Å². The van der Waals surface area contributed by atoms with Crippen molar-refractivity contribution in [2.24, 2.45) is 0 Å². The fourth-order valence-electron chi connectivity index (χ4n) is 6.80. The van der Waals surface area contributed by atoms with Gasteiger partial charge in [0, 0.05) is 54.8 Å². The Hall–Kier alpha value is -3.67. The van der Waals surface area contributed by atoms with E-state index in [0.717, 1.165) is 69.7 Å². The summed E-state index contributed by atoms with van der Waals surface area (Å²) in [5, 5.41) is 21.7. The van der Waals surface area contributed by atoms with Crippen molar-refractivity contribution in [1.82, 2.24) is 18.5 Å². The molecule has 6 rings (SSSR count). The highest BCUT2D eigenvalue weighted by Gasteiger charge is 2.32. The molecule has 3 aromatic rings. The predicted octanol–water partition coefficient (Wildman–Crippen LogP) is 3.98. The predicted molar refractivity (Wildman–Crippen MR) is 165 cm³/mol. The van der Waals surface area contributed by atoms with Crippen LogP contribution in [0.25, 0.3) is 28.2 Å². The molecule has 0 radical (unpaired) electrons. The second-order valence-corrected chi connectivity index (χ2v) is 14.0. The number of phenolic OH excluding ortho intramolecular Hbond substituents is 1. The van der Waals surface area contributed by atoms with Gasteiger partial charge in [-0.25, -0.2) is 4.72 Å². The number of carbonyl (C=O) groups excluding carboxylic acids is 2. The molecule has 0 unspecified atom stereocenters. The van der Waals surface area contributed by atoms with Gasteiger partial charge in [0.05, 0.1) is 18.3 Å². The van der Waals surface area contributed by atoms with Crippen LogP contribution in [0.15, 0.2) is 42.0 Å². The van der Waals surface area contributed by atoms with Gasteiger partial charge < -0.3 is 19.7 Å². The number of rotatable bonds is 5. The Morgan fingerprint density at radius 3 is 2.49 bits per heavy atom. The summed E-state index contributed by atoms with van der Waals surface area (Å²) in [6.07, 6.45) is 8.09. The number of aromatic nitrogens is 1. The lowest BCUT2D eigenvalue weighted by Gasteiger charge is -2.31. The number of carbonyl (C=O) groups is 2. The second-order valence-electron chi connectivity index (χ2n) is 12.1. The maximum Gasteiger partial charge on any atom is 0.303 e. The summed E-state index contributed by atoms with van der Waals surface area (Å²) >= 11 is 0. The number of hydrogen-bond donors (Lipinski definition) is 3. The summed E-state index contributed by atoms with van der Waals surface area (Å²) in [6, 6.07) is 10.5. The smallest absolute Gasteiger partial charge is 0.303 e. The van der Waals surface area contributed by atoms with Crippen molar-refractivity contribution in [2.75, 3.05) is 27.2 Å². The number of phenols is 1. The zero-order valence-corrected chi connectivity index (χ0v) is 25.4. The van der Waals surface area contributed by atoms with Gasteiger partial charge in [0.1, 0.15) is 5.75 Å². The Morgan fingerprint density at radius 2 is 1.77 bits per heavy atom. The van der Waals surface area contributed by atoms with E-state index in [2.05, 4.69) is 9.29 Å². The van der Waals surface area contributed by atoms with Crippen LogP contribution >= 0.6 is 0 Å². The zero-order chi connectivity index (χ0) is 30.5. The molecule has 2 aromatic carbocycles. The first-order valence-corrected chi connectivity index (χ1v) is 16.4. The van der Waals surface area contributed by atoms with Crippen LogP contribution < -0.4 is 4.72 Å². The van der Waals surface area contributed by atoms with E-state index >= 15 is 0 Å². The Kier molecular flexibility index (Phi) is 7.82. The van der Waals surface area contributed by atoms with Crippen molar-refractivity contribution < 1.29 is 28.2 Å². The quantitative estimate of drug-likeness (QED) is 0.403. The van der Waals surface area contributed by atoms with E-state index in [0.29, 0.717) is 18.5 Å². The molecule has 11 heteroatoms. The Balaban J connectivity index is 1.55. The summed E-state index contributed by atoms with van der Waals surface area (Å²) in [6.45, 7) is 1.04. The number of aliphatic hydroxyl groups is 1. The number of benzene rings is 2. The molecule has 2 fully saturated rings. The number of β-amino-alcohol motifs (C(OH)–C–C–N with tert-alkyl or cyclic N) is 1. The maximum absolute atomic E-state index is 13.9. The molecular weight excluding hydrogens is 568 g/mol. The third-order valence-corrected chi connectivity index (χ3v) is 10.4. The number of fused-ring (bicyclic) bond motifs is 5. The highest BCUT2D eigenvalue weighted by molar-refractivity contribution is 7.87. The molecule has 2 amide bonds. The number of aliphatic hydroxyl groups excluding tert-OH is 1. The number of hydrogen-bond acceptors (Lipinski definition) is 6. The lowest BCUT2D eigenvalue weighted by atomic mass is 9.81. The number of nitrogens with zero attached hydrogens (tertiary/aromatic N) is 3. The highest BCUT2D eigenvalue weighted by Crippen LogP contribution is 2.47. The largest absolute Gasteiger partial charge is 0.508 e. The lowest BCUT2D eigenvalue weighted by Crippen LogP contribution is -2.43. The topological polar surface area (TPSA) is 132 Å². The summed E-state index contributed by atoms with van der Waals surface area (Å²) in [7, 11) is -1.29. The molecule has 1 aromatic heterocycles. The third-order valence-electron chi connectivity index (χ3n) is 8.99. The minimum absolute atomic E-state index is 0.0972. The first-order chi connectivity index (χ1) is 20.5. The van der Waals surface area contributed by atoms with Gasteiger partial charge in [-0.1, -0.05) is 25.3 Å². The molecule has 1 saturated heterocycles. The van der Waals surface area contributed by atoms with Gasteiger partial charge in [-0.2, -0.15) is 12.7 Å². The Labute approximate surface area is 251 Å². The molecule has 2 aliphatic heterocycles. The van der Waals surface area contributed by atoms with Crippen LogP contribution in [0.2, 0.25) is 0 Å². The second kappa shape index (κ2) is 11.4. The van der Waals surface area contributed by atoms with Crippen molar-refractivity contribution in [1.29, 1.82) is 0 Å². The summed E-state index contributed by atoms with van der Waals surface area (Å²) in [5.74, 6) is -0.538. The van der Waals surface area contributed by atoms with Gasteiger partial charge in [0.25, 0.3) is 11.8 Å². The molecule has 1 atom stereocenters. The van der Waals surface area contributed by atoms with E-state index in [1.807, 2.05) is 18.2 Å². The maximum atomic E-state index is 13.9. The SMILES string of the molecule is CN(C)S(=O)(=O)NC(=O)c1ccc2c(C3CCCCC3)c3n(c2c1)CC(C(=O)N1CCC[C@H](O)C1)=Cc1cc(O)ccc1-3. The average molecular weight is 607 g/mol. The number of likely N-dealkylation sites (tertiary alicyclic amines) is 1. The Bertz CT molecular complexity index is 1740. The standard InChI is InChI=1S/C32H38N4O6S/c1-34(2)43(41,42)33-31(39)21-10-12-27-28(17-21)36-18-23(32(40)35-14-6-9-25(38)19-35)15-22-16-24(37)11-13-26(22)30(36)29(27)20-7-4-3-5-8-20/h10-13,15-17,20,25,37-38H,3-9,14,18-19H2,1-2H3,(H,33,39)/t25-/m0/s1. The van der Waals surface area contributed by atoms with Crippen LogP contribution in [0, 0.1) is 0 Å². The number of aromatic hydroxyl groups is 1. The van der Waals surface area contributed by atoms with Crippen LogP contribution in [-0.4, -0.2) is 77.5 Å². The van der Waals surface area contributed by atoms with E-state index in [4.69, 9.17) is 0 Å². The van der Waals surface area contributed by atoms with Gasteiger partial charge in [0.15, 0.2) is 0 Å². The van der Waals surface area contributed by atoms with Gasteiger partial charge >= 0.3 is 10.2 Å². The first kappa shape index (κ1) is 29.4. The number of nitrogens with one attached hydrogen (secondary N) is 1. The molecule has 0 bridgehead atoms. The molecule has 3 heterocycles. The van der Waals surface area contributed by atoms with Crippen LogP contribution in [0.4, 0.5) is 0 Å². The molecule has 1 aliphatic carbocycles. The lowest BCUT2D eigenvalue weighted by molar-refractivity contribution is -0.130. The molecule has 228 valence electrons. The summed E-state index contributed by atoms with van der Waals surface area (Å²) < 4.78 is 30.0. The van der Waals surface area contributed by atoms with Crippen LogP contribution in [0.1, 0.15) is 72.3 Å². The zero-order valence-electron chi connectivity index (χ0n) is 24.5. The van der Waals surface area contributed by atoms with Gasteiger partial charge in [-0.15, -0.1) is 0 Å². The van der Waals surface area contributed by atoms with Crippen LogP contribution in [-0.2, 0) is 21.5 Å². The summed E-state index contributed by atoms with van der Waals surface area (Å²) in [4.78, 5) is 28.8. The molecular formula is C32H38N4O6S. The average Bonchev–Trinajstić information content (AvgIpc) is 3.19. The van der Waals surface area contributed by atoms with Crippen molar-refractivity contribution in [3.63, 3.8) is 0 Å². The number of amides is 2. The van der Waals surface area contributed by atoms with Gasteiger partial charge in [0.2, 0.25) is 0 Å². The molecule has 10 nitrogen and oxygen atoms in total. The van der Waals surface area contributed by atoms with Crippen molar-refractivity contribution in [3.05, 3.63) is 58.7 Å². The fraction of sp³-hybridized carbons (Fsp3) is 0.438. The monoisotopic (exact) mass is 606 g/mol. The number of piperidine rings is 1. The first-order valence-electron chi connectivity index (χ1n) is 15.0. The van der Waals surface area contributed by atoms with Gasteiger partial charge in [-0.3, -0.25) is 9.59 Å². The molecule has 0 spiro atoms. The van der Waals surface area contributed by atoms with E-state index in [9.17, 15) is 28.2 Å². The molecule has 1 saturated carbocycles. The Morgan fingerprint density at radius 1 is 1.00 bits per heavy atom.